The van der Waals surface area contributed by atoms with Crippen LogP contribution in [0.1, 0.15) is 15.9 Å². The fourth-order valence-electron chi connectivity index (χ4n) is 1.54. The summed E-state index contributed by atoms with van der Waals surface area (Å²) in [4.78, 5) is 25.8. The Balaban J connectivity index is 2.21. The number of nitrogens with zero attached hydrogens (tertiary/aromatic N) is 2. The number of carboxylic acid groups (broad SMARTS) is 1. The minimum absolute atomic E-state index is 0.0426. The molecule has 6 nitrogen and oxygen atoms in total. The Kier molecular flexibility index (Phi) is 3.99. The molecule has 1 aromatic carbocycles. The van der Waals surface area contributed by atoms with Crippen molar-refractivity contribution in [1.29, 1.82) is 0 Å². The highest BCUT2D eigenvalue weighted by Gasteiger charge is 2.10. The molecule has 0 aliphatic rings. The molecule has 0 atom stereocenters. The first kappa shape index (κ1) is 14.0. The lowest BCUT2D eigenvalue weighted by Crippen LogP contribution is -1.96. The second kappa shape index (κ2) is 5.70. The van der Waals surface area contributed by atoms with Gasteiger partial charge in [-0.3, -0.25) is 10.1 Å². The van der Waals surface area contributed by atoms with Gasteiger partial charge in [-0.2, -0.15) is 0 Å². The van der Waals surface area contributed by atoms with Gasteiger partial charge in [0.25, 0.3) is 5.69 Å². The maximum atomic E-state index is 10.7. The molecule has 0 fully saturated rings. The maximum absolute atomic E-state index is 10.7. The summed E-state index contributed by atoms with van der Waals surface area (Å²) in [6.07, 6.45) is 1.28. The Labute approximate surface area is 118 Å². The lowest BCUT2D eigenvalue weighted by Gasteiger charge is -2.05. The molecule has 0 bridgehead atoms. The van der Waals surface area contributed by atoms with Crippen LogP contribution in [0, 0.1) is 17.0 Å². The summed E-state index contributed by atoms with van der Waals surface area (Å²) >= 11 is 1.33. The summed E-state index contributed by atoms with van der Waals surface area (Å²) in [5.41, 5.74) is 0.934. The van der Waals surface area contributed by atoms with Crippen molar-refractivity contribution >= 4 is 23.4 Å². The monoisotopic (exact) mass is 290 g/mol. The number of nitro groups is 1. The Morgan fingerprint density at radius 3 is 2.60 bits per heavy atom. The zero-order valence-corrected chi connectivity index (χ0v) is 11.3. The standard InChI is InChI=1S/C13H10N2O4S/c1-8-6-10(15(18)19)3-4-11(8)20-12-5-2-9(7-14-12)13(16)17/h2-7H,1H3,(H,16,17). The summed E-state index contributed by atoms with van der Waals surface area (Å²) < 4.78 is 0. The molecule has 0 aliphatic carbocycles. The molecular weight excluding hydrogens is 280 g/mol. The van der Waals surface area contributed by atoms with Crippen molar-refractivity contribution in [3.63, 3.8) is 0 Å². The van der Waals surface area contributed by atoms with E-state index in [2.05, 4.69) is 4.98 Å². The van der Waals surface area contributed by atoms with E-state index in [0.29, 0.717) is 5.03 Å². The van der Waals surface area contributed by atoms with Gasteiger partial charge in [-0.05, 0) is 30.7 Å². The van der Waals surface area contributed by atoms with Gasteiger partial charge in [0.15, 0.2) is 0 Å². The van der Waals surface area contributed by atoms with E-state index >= 15 is 0 Å². The topological polar surface area (TPSA) is 93.3 Å². The number of non-ortho nitro benzene ring substituents is 1. The second-order valence-electron chi connectivity index (χ2n) is 4.00. The van der Waals surface area contributed by atoms with Crippen LogP contribution in [0.25, 0.3) is 0 Å². The molecular formula is C13H10N2O4S. The zero-order chi connectivity index (χ0) is 14.7. The molecule has 20 heavy (non-hydrogen) atoms. The van der Waals surface area contributed by atoms with E-state index in [0.717, 1.165) is 10.5 Å². The smallest absolute Gasteiger partial charge is 0.337 e. The van der Waals surface area contributed by atoms with Gasteiger partial charge in [0.2, 0.25) is 0 Å². The molecule has 0 saturated heterocycles. The summed E-state index contributed by atoms with van der Waals surface area (Å²) in [5.74, 6) is -1.03. The highest BCUT2D eigenvalue weighted by atomic mass is 32.2. The van der Waals surface area contributed by atoms with Gasteiger partial charge in [0.1, 0.15) is 5.03 Å². The maximum Gasteiger partial charge on any atom is 0.337 e. The number of nitro benzene ring substituents is 1. The fourth-order valence-corrected chi connectivity index (χ4v) is 2.36. The van der Waals surface area contributed by atoms with Gasteiger partial charge in [0.05, 0.1) is 10.5 Å². The van der Waals surface area contributed by atoms with Crippen LogP contribution < -0.4 is 0 Å². The largest absolute Gasteiger partial charge is 0.478 e. The Morgan fingerprint density at radius 1 is 1.35 bits per heavy atom. The third kappa shape index (κ3) is 3.12. The van der Waals surface area contributed by atoms with Crippen molar-refractivity contribution in [1.82, 2.24) is 4.98 Å². The summed E-state index contributed by atoms with van der Waals surface area (Å²) in [7, 11) is 0. The van der Waals surface area contributed by atoms with E-state index in [1.807, 2.05) is 0 Å². The van der Waals surface area contributed by atoms with Crippen LogP contribution >= 0.6 is 11.8 Å². The average molecular weight is 290 g/mol. The first-order valence-corrected chi connectivity index (χ1v) is 6.41. The van der Waals surface area contributed by atoms with E-state index in [4.69, 9.17) is 5.11 Å². The van der Waals surface area contributed by atoms with Crippen molar-refractivity contribution in [2.45, 2.75) is 16.8 Å². The molecule has 0 unspecified atom stereocenters. The number of hydrogen-bond donors (Lipinski definition) is 1. The number of pyridine rings is 1. The lowest BCUT2D eigenvalue weighted by molar-refractivity contribution is -0.385. The van der Waals surface area contributed by atoms with Crippen molar-refractivity contribution in [2.24, 2.45) is 0 Å². The number of hydrogen-bond acceptors (Lipinski definition) is 5. The molecule has 102 valence electrons. The predicted molar refractivity (Wildman–Crippen MR) is 73.2 cm³/mol. The first-order valence-electron chi connectivity index (χ1n) is 5.59. The summed E-state index contributed by atoms with van der Waals surface area (Å²) in [6.45, 7) is 1.78. The Hall–Kier alpha value is -2.41. The number of aromatic carboxylic acids is 1. The predicted octanol–water partition coefficient (Wildman–Crippen LogP) is 3.15. The second-order valence-corrected chi connectivity index (χ2v) is 5.06. The molecule has 1 aromatic heterocycles. The average Bonchev–Trinajstić information content (AvgIpc) is 2.41. The Morgan fingerprint density at radius 2 is 2.10 bits per heavy atom. The van der Waals surface area contributed by atoms with Gasteiger partial charge in [0, 0.05) is 23.2 Å². The first-order chi connectivity index (χ1) is 9.47. The van der Waals surface area contributed by atoms with Crippen molar-refractivity contribution in [3.05, 3.63) is 57.8 Å². The van der Waals surface area contributed by atoms with Gasteiger partial charge >= 0.3 is 5.97 Å². The minimum atomic E-state index is -1.03. The molecule has 0 spiro atoms. The van der Waals surface area contributed by atoms with Gasteiger partial charge in [-0.15, -0.1) is 0 Å². The van der Waals surface area contributed by atoms with Crippen LogP contribution in [0.5, 0.6) is 0 Å². The molecule has 7 heteroatoms. The number of rotatable bonds is 4. The highest BCUT2D eigenvalue weighted by Crippen LogP contribution is 2.30. The molecule has 1 heterocycles. The van der Waals surface area contributed by atoms with E-state index in [1.165, 1.54) is 36.2 Å². The zero-order valence-electron chi connectivity index (χ0n) is 10.4. The molecule has 0 aliphatic heterocycles. The number of carboxylic acids is 1. The quantitative estimate of drug-likeness (QED) is 0.686. The van der Waals surface area contributed by atoms with E-state index in [1.54, 1.807) is 19.1 Å². The molecule has 0 saturated carbocycles. The minimum Gasteiger partial charge on any atom is -0.478 e. The molecule has 0 radical (unpaired) electrons. The van der Waals surface area contributed by atoms with Crippen LogP contribution in [-0.2, 0) is 0 Å². The van der Waals surface area contributed by atoms with Crippen molar-refractivity contribution < 1.29 is 14.8 Å². The fraction of sp³-hybridized carbons (Fsp3) is 0.0769. The summed E-state index contributed by atoms with van der Waals surface area (Å²) in [5, 5.41) is 20.1. The lowest BCUT2D eigenvalue weighted by atomic mass is 10.2. The van der Waals surface area contributed by atoms with Gasteiger partial charge in [-0.25, -0.2) is 9.78 Å². The van der Waals surface area contributed by atoms with Crippen molar-refractivity contribution in [3.8, 4) is 0 Å². The third-order valence-corrected chi connectivity index (χ3v) is 3.70. The third-order valence-electron chi connectivity index (χ3n) is 2.57. The molecule has 2 aromatic rings. The number of carbonyl (C=O) groups is 1. The Bertz CT molecular complexity index is 671. The van der Waals surface area contributed by atoms with Crippen LogP contribution in [0.15, 0.2) is 46.5 Å². The number of aromatic nitrogens is 1. The normalized spacial score (nSPS) is 10.2. The molecule has 0 amide bonds. The van der Waals surface area contributed by atoms with E-state index in [-0.39, 0.29) is 11.3 Å². The van der Waals surface area contributed by atoms with Crippen LogP contribution in [0.4, 0.5) is 5.69 Å². The molecule has 1 N–H and O–H groups in total. The molecule has 2 rings (SSSR count). The van der Waals surface area contributed by atoms with Crippen LogP contribution in [0.3, 0.4) is 0 Å². The van der Waals surface area contributed by atoms with Gasteiger partial charge < -0.3 is 5.11 Å². The van der Waals surface area contributed by atoms with E-state index < -0.39 is 10.9 Å². The van der Waals surface area contributed by atoms with Gasteiger partial charge in [-0.1, -0.05) is 11.8 Å². The van der Waals surface area contributed by atoms with Crippen molar-refractivity contribution in [2.75, 3.05) is 0 Å². The summed E-state index contributed by atoms with van der Waals surface area (Å²) in [6, 6.07) is 7.66. The SMILES string of the molecule is Cc1cc([N+](=O)[O-])ccc1Sc1ccc(C(=O)O)cn1. The van der Waals surface area contributed by atoms with Crippen LogP contribution in [0.2, 0.25) is 0 Å². The number of aryl methyl sites for hydroxylation is 1. The van der Waals surface area contributed by atoms with Crippen LogP contribution in [-0.4, -0.2) is 21.0 Å². The highest BCUT2D eigenvalue weighted by molar-refractivity contribution is 7.99. The van der Waals surface area contributed by atoms with E-state index in [9.17, 15) is 14.9 Å². The number of benzene rings is 1.